The third-order valence-electron chi connectivity index (χ3n) is 3.54. The van der Waals surface area contributed by atoms with Gasteiger partial charge in [-0.05, 0) is 11.6 Å². The van der Waals surface area contributed by atoms with E-state index in [4.69, 9.17) is 4.74 Å². The lowest BCUT2D eigenvalue weighted by molar-refractivity contribution is -0.114. The minimum absolute atomic E-state index is 0.101. The maximum Gasteiger partial charge on any atom is 0.209 e. The number of allylic oxidation sites excluding steroid dienone is 2. The number of ketones is 2. The molecule has 2 aromatic rings. The number of hydrogen-bond acceptors (Lipinski definition) is 4. The summed E-state index contributed by atoms with van der Waals surface area (Å²) in [5, 5.41) is 3.07. The van der Waals surface area contributed by atoms with Crippen LogP contribution >= 0.6 is 0 Å². The molecule has 0 unspecified atom stereocenters. The molecule has 2 aromatic carbocycles. The molecule has 110 valence electrons. The van der Waals surface area contributed by atoms with Gasteiger partial charge in [0.2, 0.25) is 5.78 Å². The monoisotopic (exact) mass is 293 g/mol. The van der Waals surface area contributed by atoms with Crippen LogP contribution in [0.5, 0.6) is 5.75 Å². The topological polar surface area (TPSA) is 55.4 Å². The molecule has 0 aromatic heterocycles. The van der Waals surface area contributed by atoms with E-state index >= 15 is 0 Å². The van der Waals surface area contributed by atoms with Crippen LogP contribution in [-0.4, -0.2) is 18.7 Å². The smallest absolute Gasteiger partial charge is 0.209 e. The van der Waals surface area contributed by atoms with E-state index in [1.165, 1.54) is 6.08 Å². The highest BCUT2D eigenvalue weighted by Crippen LogP contribution is 2.27. The summed E-state index contributed by atoms with van der Waals surface area (Å²) in [7, 11) is 1.58. The van der Waals surface area contributed by atoms with Crippen LogP contribution in [0, 0.1) is 0 Å². The molecular formula is C18H15NO3. The molecular weight excluding hydrogens is 278 g/mol. The number of benzene rings is 2. The lowest BCUT2D eigenvalue weighted by atomic mass is 10.1. The molecule has 0 saturated carbocycles. The summed E-state index contributed by atoms with van der Waals surface area (Å²) >= 11 is 0. The van der Waals surface area contributed by atoms with Crippen molar-refractivity contribution in [2.45, 2.75) is 6.42 Å². The van der Waals surface area contributed by atoms with Crippen LogP contribution in [0.1, 0.15) is 15.9 Å². The molecule has 0 radical (unpaired) electrons. The van der Waals surface area contributed by atoms with Gasteiger partial charge in [-0.2, -0.15) is 0 Å². The first kappa shape index (κ1) is 14.1. The molecule has 0 aliphatic carbocycles. The average molecular weight is 293 g/mol. The van der Waals surface area contributed by atoms with Crippen LogP contribution in [0.15, 0.2) is 60.3 Å². The van der Waals surface area contributed by atoms with Crippen molar-refractivity contribution in [1.82, 2.24) is 0 Å². The van der Waals surface area contributed by atoms with Gasteiger partial charge in [0.25, 0.3) is 0 Å². The minimum Gasteiger partial charge on any atom is -0.497 e. The van der Waals surface area contributed by atoms with E-state index in [0.717, 1.165) is 11.3 Å². The second-order valence-electron chi connectivity index (χ2n) is 5.04. The molecule has 0 amide bonds. The Balaban J connectivity index is 1.98. The number of anilines is 1. The standard InChI is InChI=1S/C18H15NO3/c1-22-15-8-7-13-9-14(20)10-17(19-16(13)11-15)18(21)12-5-3-2-4-6-12/h2-8,10-11,19H,9H2,1H3. The molecule has 1 aliphatic rings. The number of carbonyl (C=O) groups is 2. The highest BCUT2D eigenvalue weighted by molar-refractivity contribution is 6.14. The molecule has 3 rings (SSSR count). The second kappa shape index (κ2) is 5.85. The van der Waals surface area contributed by atoms with E-state index in [-0.39, 0.29) is 23.7 Å². The Morgan fingerprint density at radius 3 is 2.64 bits per heavy atom. The van der Waals surface area contributed by atoms with E-state index in [0.29, 0.717) is 11.3 Å². The van der Waals surface area contributed by atoms with Gasteiger partial charge in [0.05, 0.1) is 12.8 Å². The summed E-state index contributed by atoms with van der Waals surface area (Å²) in [5.41, 5.74) is 2.39. The van der Waals surface area contributed by atoms with E-state index in [1.807, 2.05) is 12.1 Å². The predicted molar refractivity (Wildman–Crippen MR) is 84.2 cm³/mol. The SMILES string of the molecule is COc1ccc2c(c1)NC(C(=O)c1ccccc1)=CC(=O)C2. The molecule has 0 saturated heterocycles. The fourth-order valence-electron chi connectivity index (χ4n) is 2.40. The van der Waals surface area contributed by atoms with Crippen molar-refractivity contribution in [2.24, 2.45) is 0 Å². The number of methoxy groups -OCH3 is 1. The van der Waals surface area contributed by atoms with Crippen LogP contribution < -0.4 is 10.1 Å². The second-order valence-corrected chi connectivity index (χ2v) is 5.04. The molecule has 0 bridgehead atoms. The van der Waals surface area contributed by atoms with Gasteiger partial charge in [-0.15, -0.1) is 0 Å². The summed E-state index contributed by atoms with van der Waals surface area (Å²) < 4.78 is 5.20. The Labute approximate surface area is 128 Å². The molecule has 4 nitrogen and oxygen atoms in total. The highest BCUT2D eigenvalue weighted by atomic mass is 16.5. The van der Waals surface area contributed by atoms with E-state index in [2.05, 4.69) is 5.32 Å². The average Bonchev–Trinajstić information content (AvgIpc) is 2.72. The summed E-state index contributed by atoms with van der Waals surface area (Å²) in [6.45, 7) is 0. The van der Waals surface area contributed by atoms with Crippen molar-refractivity contribution in [3.63, 3.8) is 0 Å². The van der Waals surface area contributed by atoms with E-state index in [1.54, 1.807) is 43.5 Å². The molecule has 1 aliphatic heterocycles. The van der Waals surface area contributed by atoms with E-state index < -0.39 is 0 Å². The van der Waals surface area contributed by atoms with Gasteiger partial charge in [-0.25, -0.2) is 0 Å². The first-order valence-corrected chi connectivity index (χ1v) is 6.95. The van der Waals surface area contributed by atoms with Crippen molar-refractivity contribution in [1.29, 1.82) is 0 Å². The van der Waals surface area contributed by atoms with Crippen molar-refractivity contribution in [3.05, 3.63) is 71.4 Å². The largest absolute Gasteiger partial charge is 0.497 e. The highest BCUT2D eigenvalue weighted by Gasteiger charge is 2.20. The van der Waals surface area contributed by atoms with Crippen LogP contribution in [0.3, 0.4) is 0 Å². The molecule has 22 heavy (non-hydrogen) atoms. The van der Waals surface area contributed by atoms with Gasteiger partial charge in [0.1, 0.15) is 5.75 Å². The van der Waals surface area contributed by atoms with Crippen molar-refractivity contribution >= 4 is 17.3 Å². The van der Waals surface area contributed by atoms with Crippen LogP contribution in [-0.2, 0) is 11.2 Å². The Bertz CT molecular complexity index is 763. The van der Waals surface area contributed by atoms with Crippen LogP contribution in [0.25, 0.3) is 0 Å². The fraction of sp³-hybridized carbons (Fsp3) is 0.111. The molecule has 0 spiro atoms. The first-order valence-electron chi connectivity index (χ1n) is 6.95. The van der Waals surface area contributed by atoms with Crippen LogP contribution in [0.2, 0.25) is 0 Å². The first-order chi connectivity index (χ1) is 10.7. The number of rotatable bonds is 3. The number of nitrogens with one attached hydrogen (secondary N) is 1. The Hall–Kier alpha value is -2.88. The Morgan fingerprint density at radius 1 is 1.14 bits per heavy atom. The normalized spacial score (nSPS) is 13.5. The van der Waals surface area contributed by atoms with E-state index in [9.17, 15) is 9.59 Å². The maximum absolute atomic E-state index is 12.5. The van der Waals surface area contributed by atoms with Gasteiger partial charge < -0.3 is 10.1 Å². The van der Waals surface area contributed by atoms with Gasteiger partial charge in [-0.1, -0.05) is 36.4 Å². The number of hydrogen-bond donors (Lipinski definition) is 1. The summed E-state index contributed by atoms with van der Waals surface area (Å²) in [5.74, 6) is 0.368. The quantitative estimate of drug-likeness (QED) is 0.884. The Morgan fingerprint density at radius 2 is 1.91 bits per heavy atom. The van der Waals surface area contributed by atoms with Gasteiger partial charge in [0.15, 0.2) is 5.78 Å². The molecule has 1 N–H and O–H groups in total. The maximum atomic E-state index is 12.5. The van der Waals surface area contributed by atoms with Gasteiger partial charge in [-0.3, -0.25) is 9.59 Å². The van der Waals surface area contributed by atoms with Gasteiger partial charge >= 0.3 is 0 Å². The molecule has 4 heteroatoms. The number of carbonyl (C=O) groups excluding carboxylic acids is 2. The zero-order valence-corrected chi connectivity index (χ0v) is 12.1. The molecule has 1 heterocycles. The lowest BCUT2D eigenvalue weighted by Gasteiger charge is -2.12. The Kier molecular flexibility index (Phi) is 3.74. The number of ether oxygens (including phenoxy) is 1. The summed E-state index contributed by atoms with van der Waals surface area (Å²) in [4.78, 5) is 24.6. The van der Waals surface area contributed by atoms with Crippen molar-refractivity contribution in [2.75, 3.05) is 12.4 Å². The zero-order valence-electron chi connectivity index (χ0n) is 12.1. The molecule has 0 fully saturated rings. The van der Waals surface area contributed by atoms with Crippen molar-refractivity contribution in [3.8, 4) is 5.75 Å². The minimum atomic E-state index is -0.204. The third-order valence-corrected chi connectivity index (χ3v) is 3.54. The lowest BCUT2D eigenvalue weighted by Crippen LogP contribution is -2.12. The zero-order chi connectivity index (χ0) is 15.5. The third kappa shape index (κ3) is 2.76. The van der Waals surface area contributed by atoms with Crippen LogP contribution in [0.4, 0.5) is 5.69 Å². The molecule has 0 atom stereocenters. The van der Waals surface area contributed by atoms with Crippen molar-refractivity contribution < 1.29 is 14.3 Å². The number of Topliss-reactive ketones (excluding diaryl/α,β-unsaturated/α-hetero) is 1. The predicted octanol–water partition coefficient (Wildman–Crippen LogP) is 3.00. The summed E-state index contributed by atoms with van der Waals surface area (Å²) in [6.07, 6.45) is 1.64. The number of fused-ring (bicyclic) bond motifs is 1. The summed E-state index contributed by atoms with van der Waals surface area (Å²) in [6, 6.07) is 14.3. The fourth-order valence-corrected chi connectivity index (χ4v) is 2.40. The van der Waals surface area contributed by atoms with Gasteiger partial charge in [0, 0.05) is 29.8 Å².